The highest BCUT2D eigenvalue weighted by Crippen LogP contribution is 2.21. The third kappa shape index (κ3) is 4.22. The molecule has 0 bridgehead atoms. The van der Waals surface area contributed by atoms with Crippen molar-refractivity contribution in [3.05, 3.63) is 24.0 Å². The van der Waals surface area contributed by atoms with Crippen molar-refractivity contribution < 1.29 is 0 Å². The Hall–Kier alpha value is -0.540. The number of nitrogens with zero attached hydrogens (tertiary/aromatic N) is 1. The molecule has 0 aromatic carbocycles. The van der Waals surface area contributed by atoms with Gasteiger partial charge < -0.3 is 5.73 Å². The molecular formula is C12H20N2S. The monoisotopic (exact) mass is 224 g/mol. The molecule has 84 valence electrons. The van der Waals surface area contributed by atoms with Crippen LogP contribution in [0.1, 0.15) is 38.9 Å². The molecule has 0 saturated carbocycles. The average Bonchev–Trinajstić information content (AvgIpc) is 2.26. The molecule has 1 aromatic heterocycles. The van der Waals surface area contributed by atoms with Crippen LogP contribution >= 0.6 is 11.8 Å². The minimum absolute atomic E-state index is 0.0779. The molecule has 15 heavy (non-hydrogen) atoms. The van der Waals surface area contributed by atoms with E-state index in [1.807, 2.05) is 24.0 Å². The predicted octanol–water partition coefficient (Wildman–Crippen LogP) is 3.24. The molecule has 0 saturated heterocycles. The van der Waals surface area contributed by atoms with Crippen molar-refractivity contribution in [1.82, 2.24) is 4.98 Å². The van der Waals surface area contributed by atoms with Gasteiger partial charge in [0.25, 0.3) is 0 Å². The molecule has 2 nitrogen and oxygen atoms in total. The maximum atomic E-state index is 5.90. The van der Waals surface area contributed by atoms with Gasteiger partial charge in [0.2, 0.25) is 0 Å². The van der Waals surface area contributed by atoms with Gasteiger partial charge in [0.15, 0.2) is 0 Å². The van der Waals surface area contributed by atoms with Gasteiger partial charge in [-0.3, -0.25) is 4.98 Å². The summed E-state index contributed by atoms with van der Waals surface area (Å²) in [5, 5.41) is 0. The maximum Gasteiger partial charge on any atom is 0.0571 e. The van der Waals surface area contributed by atoms with Crippen molar-refractivity contribution >= 4 is 11.8 Å². The van der Waals surface area contributed by atoms with Crippen molar-refractivity contribution in [3.63, 3.8) is 0 Å². The first kappa shape index (κ1) is 12.5. The summed E-state index contributed by atoms with van der Waals surface area (Å²) in [6.07, 6.45) is 2.86. The standard InChI is InChI=1S/C12H20N2S/c1-4-11(13)12-6-5-10(7-14-12)15-8-9(2)3/h5-7,9,11H,4,8,13H2,1-3H3. The van der Waals surface area contributed by atoms with Gasteiger partial charge >= 0.3 is 0 Å². The normalized spacial score (nSPS) is 13.1. The predicted molar refractivity (Wildman–Crippen MR) is 67.0 cm³/mol. The van der Waals surface area contributed by atoms with Crippen LogP contribution in [0, 0.1) is 5.92 Å². The van der Waals surface area contributed by atoms with Gasteiger partial charge in [-0.25, -0.2) is 0 Å². The van der Waals surface area contributed by atoms with Crippen LogP contribution in [0.4, 0.5) is 0 Å². The van der Waals surface area contributed by atoms with Crippen LogP contribution in [0.25, 0.3) is 0 Å². The molecule has 1 aromatic rings. The quantitative estimate of drug-likeness (QED) is 0.780. The highest BCUT2D eigenvalue weighted by Gasteiger charge is 2.04. The third-order valence-corrected chi connectivity index (χ3v) is 3.57. The number of nitrogens with two attached hydrogens (primary N) is 1. The van der Waals surface area contributed by atoms with Crippen LogP contribution in [0.2, 0.25) is 0 Å². The minimum Gasteiger partial charge on any atom is -0.323 e. The summed E-state index contributed by atoms with van der Waals surface area (Å²) in [7, 11) is 0. The fourth-order valence-corrected chi connectivity index (χ4v) is 1.99. The topological polar surface area (TPSA) is 38.9 Å². The Bertz CT molecular complexity index is 282. The van der Waals surface area contributed by atoms with Crippen LogP contribution < -0.4 is 5.73 Å². The second-order valence-corrected chi connectivity index (χ2v) is 5.23. The molecule has 0 aliphatic heterocycles. The second kappa shape index (κ2) is 6.13. The number of thioether (sulfide) groups is 1. The Balaban J connectivity index is 2.56. The Morgan fingerprint density at radius 1 is 1.40 bits per heavy atom. The lowest BCUT2D eigenvalue weighted by atomic mass is 10.1. The van der Waals surface area contributed by atoms with E-state index in [2.05, 4.69) is 31.8 Å². The third-order valence-electron chi connectivity index (χ3n) is 2.16. The Kier molecular flexibility index (Phi) is 5.12. The van der Waals surface area contributed by atoms with Crippen LogP contribution in [0.15, 0.2) is 23.2 Å². The molecule has 1 rings (SSSR count). The molecule has 2 N–H and O–H groups in total. The fraction of sp³-hybridized carbons (Fsp3) is 0.583. The van der Waals surface area contributed by atoms with E-state index < -0.39 is 0 Å². The number of hydrogen-bond donors (Lipinski definition) is 1. The summed E-state index contributed by atoms with van der Waals surface area (Å²) in [5.74, 6) is 1.86. The zero-order chi connectivity index (χ0) is 11.3. The van der Waals surface area contributed by atoms with Gasteiger partial charge in [-0.05, 0) is 24.5 Å². The maximum absolute atomic E-state index is 5.90. The number of pyridine rings is 1. The average molecular weight is 224 g/mol. The Labute approximate surface area is 96.7 Å². The number of hydrogen-bond acceptors (Lipinski definition) is 3. The summed E-state index contributed by atoms with van der Waals surface area (Å²) in [5.41, 5.74) is 6.89. The molecule has 0 aliphatic carbocycles. The summed E-state index contributed by atoms with van der Waals surface area (Å²) in [4.78, 5) is 5.61. The zero-order valence-corrected chi connectivity index (χ0v) is 10.6. The van der Waals surface area contributed by atoms with Crippen molar-refractivity contribution in [1.29, 1.82) is 0 Å². The highest BCUT2D eigenvalue weighted by molar-refractivity contribution is 7.99. The number of aromatic nitrogens is 1. The second-order valence-electron chi connectivity index (χ2n) is 4.14. The van der Waals surface area contributed by atoms with E-state index in [9.17, 15) is 0 Å². The van der Waals surface area contributed by atoms with E-state index >= 15 is 0 Å². The molecule has 0 fully saturated rings. The van der Waals surface area contributed by atoms with E-state index in [-0.39, 0.29) is 6.04 Å². The molecule has 3 heteroatoms. The zero-order valence-electron chi connectivity index (χ0n) is 9.73. The highest BCUT2D eigenvalue weighted by atomic mass is 32.2. The van der Waals surface area contributed by atoms with Crippen LogP contribution in [-0.4, -0.2) is 10.7 Å². The van der Waals surface area contributed by atoms with E-state index in [1.165, 1.54) is 4.90 Å². The summed E-state index contributed by atoms with van der Waals surface area (Å²) >= 11 is 1.85. The van der Waals surface area contributed by atoms with Gasteiger partial charge in [0, 0.05) is 22.9 Å². The molecule has 1 unspecified atom stereocenters. The molecule has 0 radical (unpaired) electrons. The first-order valence-electron chi connectivity index (χ1n) is 5.47. The first-order valence-corrected chi connectivity index (χ1v) is 6.46. The van der Waals surface area contributed by atoms with E-state index in [4.69, 9.17) is 5.73 Å². The summed E-state index contributed by atoms with van der Waals surface area (Å²) in [6, 6.07) is 4.23. The van der Waals surface area contributed by atoms with Crippen LogP contribution in [-0.2, 0) is 0 Å². The Morgan fingerprint density at radius 3 is 2.60 bits per heavy atom. The lowest BCUT2D eigenvalue weighted by molar-refractivity contribution is 0.674. The molecule has 1 atom stereocenters. The van der Waals surface area contributed by atoms with Gasteiger partial charge in [-0.2, -0.15) is 0 Å². The van der Waals surface area contributed by atoms with E-state index in [0.717, 1.165) is 17.9 Å². The van der Waals surface area contributed by atoms with Crippen molar-refractivity contribution in [2.75, 3.05) is 5.75 Å². The molecule has 1 heterocycles. The number of rotatable bonds is 5. The summed E-state index contributed by atoms with van der Waals surface area (Å²) in [6.45, 7) is 6.53. The first-order chi connectivity index (χ1) is 7.13. The van der Waals surface area contributed by atoms with E-state index in [1.54, 1.807) is 0 Å². The Morgan fingerprint density at radius 2 is 2.13 bits per heavy atom. The van der Waals surface area contributed by atoms with Crippen molar-refractivity contribution in [2.24, 2.45) is 11.7 Å². The van der Waals surface area contributed by atoms with E-state index in [0.29, 0.717) is 5.92 Å². The lowest BCUT2D eigenvalue weighted by Crippen LogP contribution is -2.10. The fourth-order valence-electron chi connectivity index (χ4n) is 1.17. The van der Waals surface area contributed by atoms with Gasteiger partial charge in [0.1, 0.15) is 0 Å². The lowest BCUT2D eigenvalue weighted by Gasteiger charge is -2.09. The van der Waals surface area contributed by atoms with Gasteiger partial charge in [-0.1, -0.05) is 20.8 Å². The molecule has 0 aliphatic rings. The molecule has 0 spiro atoms. The van der Waals surface area contributed by atoms with Gasteiger partial charge in [-0.15, -0.1) is 11.8 Å². The SMILES string of the molecule is CCC(N)c1ccc(SCC(C)C)cn1. The van der Waals surface area contributed by atoms with Crippen LogP contribution in [0.3, 0.4) is 0 Å². The molecular weight excluding hydrogens is 204 g/mol. The van der Waals surface area contributed by atoms with Crippen LogP contribution in [0.5, 0.6) is 0 Å². The largest absolute Gasteiger partial charge is 0.323 e. The minimum atomic E-state index is 0.0779. The smallest absolute Gasteiger partial charge is 0.0571 e. The molecule has 0 amide bonds. The van der Waals surface area contributed by atoms with Crippen molar-refractivity contribution in [3.8, 4) is 0 Å². The summed E-state index contributed by atoms with van der Waals surface area (Å²) < 4.78 is 0. The van der Waals surface area contributed by atoms with Gasteiger partial charge in [0.05, 0.1) is 5.69 Å². The van der Waals surface area contributed by atoms with Crippen molar-refractivity contribution in [2.45, 2.75) is 38.1 Å².